The van der Waals surface area contributed by atoms with E-state index in [4.69, 9.17) is 13.9 Å². The number of rotatable bonds is 6. The molecule has 1 aliphatic heterocycles. The molecule has 2 N–H and O–H groups in total. The summed E-state index contributed by atoms with van der Waals surface area (Å²) in [6.45, 7) is 1.65. The third-order valence-electron chi connectivity index (χ3n) is 4.60. The second kappa shape index (κ2) is 7.81. The third kappa shape index (κ3) is 4.25. The molecule has 1 aliphatic rings. The van der Waals surface area contributed by atoms with Crippen molar-refractivity contribution in [3.63, 3.8) is 0 Å². The molecule has 0 spiro atoms. The predicted molar refractivity (Wildman–Crippen MR) is 85.6 cm³/mol. The van der Waals surface area contributed by atoms with Gasteiger partial charge in [0.2, 0.25) is 0 Å². The molecule has 1 fully saturated rings. The number of nitrogens with zero attached hydrogens (tertiary/aromatic N) is 1. The molecule has 2 atom stereocenters. The van der Waals surface area contributed by atoms with Crippen LogP contribution in [0.5, 0.6) is 0 Å². The molecule has 23 heavy (non-hydrogen) atoms. The van der Waals surface area contributed by atoms with Crippen LogP contribution in [0.4, 0.5) is 0 Å². The smallest absolute Gasteiger partial charge is 0.132 e. The lowest BCUT2D eigenvalue weighted by molar-refractivity contribution is 0.0793. The van der Waals surface area contributed by atoms with E-state index in [0.29, 0.717) is 24.0 Å². The molecule has 2 aromatic heterocycles. The molecule has 5 nitrogen and oxygen atoms in total. The highest BCUT2D eigenvalue weighted by molar-refractivity contribution is 5.07. The molecule has 3 heterocycles. The van der Waals surface area contributed by atoms with Crippen molar-refractivity contribution in [1.29, 1.82) is 0 Å². The van der Waals surface area contributed by atoms with Gasteiger partial charge in [-0.3, -0.25) is 4.90 Å². The maximum atomic E-state index is 10.4. The number of hydrogen-bond donors (Lipinski definition) is 2. The maximum Gasteiger partial charge on any atom is 0.132 e. The zero-order valence-electron chi connectivity index (χ0n) is 13.4. The molecular weight excluding hydrogens is 294 g/mol. The fourth-order valence-electron chi connectivity index (χ4n) is 3.36. The van der Waals surface area contributed by atoms with Crippen molar-refractivity contribution in [2.24, 2.45) is 0 Å². The van der Waals surface area contributed by atoms with Crippen molar-refractivity contribution in [3.05, 3.63) is 47.8 Å². The van der Waals surface area contributed by atoms with Crippen molar-refractivity contribution >= 4 is 0 Å². The van der Waals surface area contributed by atoms with Gasteiger partial charge < -0.3 is 19.0 Å². The minimum absolute atomic E-state index is 0.0688. The lowest BCUT2D eigenvalue weighted by Crippen LogP contribution is -2.35. The van der Waals surface area contributed by atoms with Gasteiger partial charge in [-0.25, -0.2) is 0 Å². The molecule has 2 unspecified atom stereocenters. The lowest BCUT2D eigenvalue weighted by Gasteiger charge is -2.30. The Balaban J connectivity index is 1.66. The number of hydrogen-bond acceptors (Lipinski definition) is 5. The number of furan rings is 2. The predicted octanol–water partition coefficient (Wildman–Crippen LogP) is 3.23. The van der Waals surface area contributed by atoms with Gasteiger partial charge in [-0.15, -0.1) is 0 Å². The second-order valence-electron chi connectivity index (χ2n) is 6.27. The minimum atomic E-state index is -0.569. The van der Waals surface area contributed by atoms with Crippen LogP contribution < -0.4 is 0 Å². The van der Waals surface area contributed by atoms with Gasteiger partial charge in [-0.2, -0.15) is 0 Å². The molecule has 0 saturated carbocycles. The van der Waals surface area contributed by atoms with Gasteiger partial charge in [0, 0.05) is 6.04 Å². The maximum absolute atomic E-state index is 10.4. The summed E-state index contributed by atoms with van der Waals surface area (Å²) in [6, 6.07) is 7.69. The first kappa shape index (κ1) is 16.3. The Labute approximate surface area is 136 Å². The van der Waals surface area contributed by atoms with E-state index in [0.717, 1.165) is 25.3 Å². The van der Waals surface area contributed by atoms with Crippen LogP contribution >= 0.6 is 0 Å². The summed E-state index contributed by atoms with van der Waals surface area (Å²) in [5.41, 5.74) is 0. The fraction of sp³-hybridized carbons (Fsp3) is 0.556. The van der Waals surface area contributed by atoms with E-state index >= 15 is 0 Å². The van der Waals surface area contributed by atoms with E-state index in [1.165, 1.54) is 19.3 Å². The number of aliphatic hydroxyl groups excluding tert-OH is 2. The summed E-state index contributed by atoms with van der Waals surface area (Å²) in [6.07, 6.45) is 6.35. The first-order chi connectivity index (χ1) is 11.3. The van der Waals surface area contributed by atoms with Crippen LogP contribution in [0, 0.1) is 0 Å². The highest BCUT2D eigenvalue weighted by atomic mass is 16.4. The van der Waals surface area contributed by atoms with Crippen molar-refractivity contribution < 1.29 is 19.0 Å². The van der Waals surface area contributed by atoms with Gasteiger partial charge in [0.15, 0.2) is 0 Å². The summed E-state index contributed by atoms with van der Waals surface area (Å²) < 4.78 is 11.0. The summed E-state index contributed by atoms with van der Waals surface area (Å²) in [7, 11) is 0. The molecule has 0 aromatic carbocycles. The van der Waals surface area contributed by atoms with E-state index in [9.17, 15) is 5.11 Å². The second-order valence-corrected chi connectivity index (χ2v) is 6.27. The van der Waals surface area contributed by atoms with Crippen molar-refractivity contribution in [1.82, 2.24) is 4.90 Å². The first-order valence-electron chi connectivity index (χ1n) is 8.40. The summed E-state index contributed by atoms with van der Waals surface area (Å²) in [5.74, 6) is 2.10. The van der Waals surface area contributed by atoms with Gasteiger partial charge in [0.1, 0.15) is 30.0 Å². The Bertz CT molecular complexity index is 578. The topological polar surface area (TPSA) is 70.0 Å². The quantitative estimate of drug-likeness (QED) is 0.855. The molecule has 1 saturated heterocycles. The van der Waals surface area contributed by atoms with E-state index in [1.54, 1.807) is 6.26 Å². The van der Waals surface area contributed by atoms with E-state index < -0.39 is 6.10 Å². The monoisotopic (exact) mass is 319 g/mol. The molecule has 5 heteroatoms. The molecule has 0 bridgehead atoms. The largest absolute Gasteiger partial charge is 0.467 e. The molecular formula is C18H25NO4. The average molecular weight is 319 g/mol. The Morgan fingerprint density at radius 1 is 1.17 bits per heavy atom. The van der Waals surface area contributed by atoms with Gasteiger partial charge in [-0.1, -0.05) is 12.8 Å². The van der Waals surface area contributed by atoms with E-state index in [1.807, 2.05) is 24.3 Å². The van der Waals surface area contributed by atoms with E-state index in [-0.39, 0.29) is 6.61 Å². The Hall–Kier alpha value is -1.56. The van der Waals surface area contributed by atoms with Crippen LogP contribution in [-0.2, 0) is 13.2 Å². The zero-order valence-corrected chi connectivity index (χ0v) is 13.4. The lowest BCUT2D eigenvalue weighted by atomic mass is 10.0. The molecule has 0 amide bonds. The third-order valence-corrected chi connectivity index (χ3v) is 4.60. The van der Waals surface area contributed by atoms with Crippen LogP contribution in [0.1, 0.15) is 55.5 Å². The highest BCUT2D eigenvalue weighted by Crippen LogP contribution is 2.28. The fourth-order valence-corrected chi connectivity index (χ4v) is 3.36. The summed E-state index contributed by atoms with van der Waals surface area (Å²) >= 11 is 0. The average Bonchev–Trinajstić information content (AvgIpc) is 3.19. The van der Waals surface area contributed by atoms with Gasteiger partial charge in [0.05, 0.1) is 12.8 Å². The molecule has 3 rings (SSSR count). The van der Waals surface area contributed by atoms with Crippen LogP contribution in [0.3, 0.4) is 0 Å². The Kier molecular flexibility index (Phi) is 5.54. The van der Waals surface area contributed by atoms with Crippen molar-refractivity contribution in [2.75, 3.05) is 6.54 Å². The highest BCUT2D eigenvalue weighted by Gasteiger charge is 2.26. The molecule has 126 valence electrons. The van der Waals surface area contributed by atoms with Crippen LogP contribution in [0.15, 0.2) is 39.4 Å². The standard InChI is InChI=1S/C18H25NO4/c20-13-16-8-7-15(23-16)12-19-9-3-1-2-5-14(19)11-17(21)18-6-4-10-22-18/h4,6-8,10,14,17,20-21H,1-3,5,9,11-13H2. The van der Waals surface area contributed by atoms with Crippen molar-refractivity contribution in [3.8, 4) is 0 Å². The molecule has 0 aliphatic carbocycles. The molecule has 2 aromatic rings. The van der Waals surface area contributed by atoms with Gasteiger partial charge in [-0.05, 0) is 50.1 Å². The van der Waals surface area contributed by atoms with Gasteiger partial charge >= 0.3 is 0 Å². The van der Waals surface area contributed by atoms with Crippen LogP contribution in [0.25, 0.3) is 0 Å². The molecule has 0 radical (unpaired) electrons. The van der Waals surface area contributed by atoms with Crippen LogP contribution in [0.2, 0.25) is 0 Å². The Morgan fingerprint density at radius 3 is 2.78 bits per heavy atom. The minimum Gasteiger partial charge on any atom is -0.467 e. The van der Waals surface area contributed by atoms with Crippen LogP contribution in [-0.4, -0.2) is 27.7 Å². The number of aliphatic hydroxyl groups is 2. The normalized spacial score (nSPS) is 21.2. The first-order valence-corrected chi connectivity index (χ1v) is 8.40. The Morgan fingerprint density at radius 2 is 2.04 bits per heavy atom. The number of likely N-dealkylation sites (tertiary alicyclic amines) is 1. The summed E-state index contributed by atoms with van der Waals surface area (Å²) in [5, 5.41) is 19.5. The van der Waals surface area contributed by atoms with E-state index in [2.05, 4.69) is 4.90 Å². The SMILES string of the molecule is OCc1ccc(CN2CCCCCC2CC(O)c2ccco2)o1. The van der Waals surface area contributed by atoms with Gasteiger partial charge in [0.25, 0.3) is 0 Å². The van der Waals surface area contributed by atoms with Crippen molar-refractivity contribution in [2.45, 2.75) is 57.4 Å². The zero-order chi connectivity index (χ0) is 16.1. The summed E-state index contributed by atoms with van der Waals surface area (Å²) in [4.78, 5) is 2.39.